The number of amides is 3. The van der Waals surface area contributed by atoms with Crippen LogP contribution in [0.25, 0.3) is 0 Å². The number of hydrogen-bond acceptors (Lipinski definition) is 3. The normalized spacial score (nSPS) is 33.6. The van der Waals surface area contributed by atoms with Crippen LogP contribution in [0.3, 0.4) is 0 Å². The number of imide groups is 1. The Morgan fingerprint density at radius 3 is 2.31 bits per heavy atom. The van der Waals surface area contributed by atoms with Crippen LogP contribution in [0.4, 0.5) is 13.2 Å². The Hall–Kier alpha value is -2.64. The number of halogens is 3. The van der Waals surface area contributed by atoms with Crippen LogP contribution >= 0.6 is 0 Å². The second kappa shape index (κ2) is 6.71. The lowest BCUT2D eigenvalue weighted by Gasteiger charge is -2.25. The van der Waals surface area contributed by atoms with Gasteiger partial charge in [-0.25, -0.2) is 0 Å². The SMILES string of the molecule is C[C@@H]1C=C[C@H]([C@@H]2C(=O)N(NC(=O)c3ccc(C(F)(F)F)cc3)C(=O)[C@@H]2C)[C@H]2C[C@H]21. The van der Waals surface area contributed by atoms with Crippen molar-refractivity contribution >= 4 is 17.7 Å². The van der Waals surface area contributed by atoms with E-state index in [1.165, 1.54) is 0 Å². The fourth-order valence-electron chi connectivity index (χ4n) is 4.67. The Bertz CT molecular complexity index is 893. The van der Waals surface area contributed by atoms with E-state index in [1.807, 2.05) is 6.08 Å². The summed E-state index contributed by atoms with van der Waals surface area (Å²) < 4.78 is 38.0. The van der Waals surface area contributed by atoms with E-state index in [-0.39, 0.29) is 11.5 Å². The summed E-state index contributed by atoms with van der Waals surface area (Å²) in [7, 11) is 0. The molecule has 3 aliphatic rings. The molecule has 8 heteroatoms. The fraction of sp³-hybridized carbons (Fsp3) is 0.476. The van der Waals surface area contributed by atoms with Gasteiger partial charge in [-0.1, -0.05) is 26.0 Å². The highest BCUT2D eigenvalue weighted by atomic mass is 19.4. The topological polar surface area (TPSA) is 66.5 Å². The van der Waals surface area contributed by atoms with Gasteiger partial charge >= 0.3 is 6.18 Å². The number of allylic oxidation sites excluding steroid dienone is 2. The average molecular weight is 406 g/mol. The lowest BCUT2D eigenvalue weighted by Crippen LogP contribution is -2.47. The average Bonchev–Trinajstić information content (AvgIpc) is 3.45. The minimum absolute atomic E-state index is 0.0318. The van der Waals surface area contributed by atoms with E-state index >= 15 is 0 Å². The van der Waals surface area contributed by atoms with E-state index < -0.39 is 41.3 Å². The van der Waals surface area contributed by atoms with Crippen molar-refractivity contribution in [2.24, 2.45) is 35.5 Å². The number of carbonyl (C=O) groups is 3. The van der Waals surface area contributed by atoms with Crippen LogP contribution in [-0.4, -0.2) is 22.7 Å². The highest BCUT2D eigenvalue weighted by Crippen LogP contribution is 2.56. The molecule has 1 aromatic carbocycles. The van der Waals surface area contributed by atoms with Crippen molar-refractivity contribution < 1.29 is 27.6 Å². The van der Waals surface area contributed by atoms with Gasteiger partial charge in [0.15, 0.2) is 0 Å². The number of benzene rings is 1. The monoisotopic (exact) mass is 406 g/mol. The molecule has 1 saturated heterocycles. The zero-order chi connectivity index (χ0) is 21.1. The molecule has 0 unspecified atom stereocenters. The molecule has 2 aliphatic carbocycles. The van der Waals surface area contributed by atoms with Crippen LogP contribution < -0.4 is 5.43 Å². The minimum atomic E-state index is -4.51. The zero-order valence-electron chi connectivity index (χ0n) is 15.9. The molecule has 1 aliphatic heterocycles. The summed E-state index contributed by atoms with van der Waals surface area (Å²) in [4.78, 5) is 38.0. The van der Waals surface area contributed by atoms with Crippen LogP contribution in [0.2, 0.25) is 0 Å². The van der Waals surface area contributed by atoms with Crippen LogP contribution in [0.5, 0.6) is 0 Å². The molecule has 3 amide bonds. The molecular formula is C21H21F3N2O3. The van der Waals surface area contributed by atoms with Crippen molar-refractivity contribution in [3.8, 4) is 0 Å². The van der Waals surface area contributed by atoms with Gasteiger partial charge in [0.1, 0.15) is 0 Å². The van der Waals surface area contributed by atoms with Gasteiger partial charge in [0.2, 0.25) is 0 Å². The smallest absolute Gasteiger partial charge is 0.272 e. The summed E-state index contributed by atoms with van der Waals surface area (Å²) in [6, 6.07) is 3.61. The molecule has 154 valence electrons. The van der Waals surface area contributed by atoms with Gasteiger partial charge in [-0.2, -0.15) is 18.2 Å². The molecule has 1 heterocycles. The molecule has 0 spiro atoms. The summed E-state index contributed by atoms with van der Waals surface area (Å²) in [6.07, 6.45) is 0.630. The minimum Gasteiger partial charge on any atom is -0.272 e. The van der Waals surface area contributed by atoms with Crippen LogP contribution in [0, 0.1) is 35.5 Å². The lowest BCUT2D eigenvalue weighted by atomic mass is 9.77. The number of rotatable bonds is 3. The lowest BCUT2D eigenvalue weighted by molar-refractivity contribution is -0.143. The first-order valence-electron chi connectivity index (χ1n) is 9.64. The van der Waals surface area contributed by atoms with E-state index in [4.69, 9.17) is 0 Å². The second-order valence-corrected chi connectivity index (χ2v) is 8.23. The van der Waals surface area contributed by atoms with Gasteiger partial charge in [0.05, 0.1) is 11.5 Å². The summed E-state index contributed by atoms with van der Waals surface area (Å²) in [5.74, 6) is -1.51. The van der Waals surface area contributed by atoms with Crippen LogP contribution in [-0.2, 0) is 15.8 Å². The Balaban J connectivity index is 1.49. The number of fused-ring (bicyclic) bond motifs is 1. The van der Waals surface area contributed by atoms with Crippen molar-refractivity contribution in [2.75, 3.05) is 0 Å². The second-order valence-electron chi connectivity index (χ2n) is 8.23. The third-order valence-corrected chi connectivity index (χ3v) is 6.45. The maximum atomic E-state index is 12.9. The molecule has 1 N–H and O–H groups in total. The number of nitrogens with one attached hydrogen (secondary N) is 1. The maximum Gasteiger partial charge on any atom is 0.416 e. The maximum absolute atomic E-state index is 12.9. The van der Waals surface area contributed by atoms with Gasteiger partial charge in [0.25, 0.3) is 17.7 Å². The number of hydrazine groups is 1. The number of nitrogens with zero attached hydrogens (tertiary/aromatic N) is 1. The molecule has 2 fully saturated rings. The molecule has 4 rings (SSSR count). The summed E-state index contributed by atoms with van der Waals surface area (Å²) in [6.45, 7) is 3.82. The first-order valence-corrected chi connectivity index (χ1v) is 9.64. The predicted molar refractivity (Wildman–Crippen MR) is 96.8 cm³/mol. The molecule has 0 radical (unpaired) electrons. The number of carbonyl (C=O) groups excluding carboxylic acids is 3. The number of hydrogen-bond donors (Lipinski definition) is 1. The van der Waals surface area contributed by atoms with E-state index in [0.717, 1.165) is 35.7 Å². The number of alkyl halides is 3. The van der Waals surface area contributed by atoms with Gasteiger partial charge in [-0.15, -0.1) is 0 Å². The van der Waals surface area contributed by atoms with Crippen molar-refractivity contribution in [1.29, 1.82) is 0 Å². The molecule has 1 aromatic rings. The standard InChI is InChI=1S/C21H21F3N2O3/c1-10-3-8-14(16-9-15(10)16)17-11(2)19(28)26(20(17)29)25-18(27)12-4-6-13(7-5-12)21(22,23)24/h3-8,10-11,14-17H,9H2,1-2H3,(H,25,27)/t10-,11-,14+,15+,16-,17-/m1/s1. The Labute approximate surface area is 165 Å². The van der Waals surface area contributed by atoms with E-state index in [9.17, 15) is 27.6 Å². The van der Waals surface area contributed by atoms with Gasteiger partial charge in [0, 0.05) is 11.5 Å². The Kier molecular flexibility index (Phi) is 4.55. The summed E-state index contributed by atoms with van der Waals surface area (Å²) in [5, 5.41) is 0.735. The van der Waals surface area contributed by atoms with Crippen molar-refractivity contribution in [3.05, 3.63) is 47.5 Å². The van der Waals surface area contributed by atoms with Crippen molar-refractivity contribution in [2.45, 2.75) is 26.4 Å². The van der Waals surface area contributed by atoms with Crippen LogP contribution in [0.15, 0.2) is 36.4 Å². The molecule has 5 nitrogen and oxygen atoms in total. The van der Waals surface area contributed by atoms with Gasteiger partial charge < -0.3 is 0 Å². The fourth-order valence-corrected chi connectivity index (χ4v) is 4.67. The Morgan fingerprint density at radius 1 is 1.03 bits per heavy atom. The first kappa shape index (κ1) is 19.7. The summed E-state index contributed by atoms with van der Waals surface area (Å²) in [5.41, 5.74) is 1.33. The summed E-state index contributed by atoms with van der Waals surface area (Å²) >= 11 is 0. The Morgan fingerprint density at radius 2 is 1.69 bits per heavy atom. The van der Waals surface area contributed by atoms with Gasteiger partial charge in [-0.3, -0.25) is 19.8 Å². The largest absolute Gasteiger partial charge is 0.416 e. The first-order chi connectivity index (χ1) is 13.6. The van der Waals surface area contributed by atoms with Crippen LogP contribution in [0.1, 0.15) is 36.2 Å². The molecular weight excluding hydrogens is 385 g/mol. The highest BCUT2D eigenvalue weighted by molar-refractivity contribution is 6.07. The third kappa shape index (κ3) is 3.34. The predicted octanol–water partition coefficient (Wildman–Crippen LogP) is 3.43. The zero-order valence-corrected chi connectivity index (χ0v) is 15.9. The van der Waals surface area contributed by atoms with E-state index in [1.54, 1.807) is 6.92 Å². The van der Waals surface area contributed by atoms with Crippen molar-refractivity contribution in [1.82, 2.24) is 10.4 Å². The quantitative estimate of drug-likeness (QED) is 0.618. The molecule has 0 aromatic heterocycles. The van der Waals surface area contributed by atoms with E-state index in [2.05, 4.69) is 18.4 Å². The van der Waals surface area contributed by atoms with Crippen molar-refractivity contribution in [3.63, 3.8) is 0 Å². The molecule has 0 bridgehead atoms. The van der Waals surface area contributed by atoms with E-state index in [0.29, 0.717) is 17.8 Å². The molecule has 6 atom stereocenters. The van der Waals surface area contributed by atoms with Gasteiger partial charge in [-0.05, 0) is 54.4 Å². The molecule has 29 heavy (non-hydrogen) atoms. The highest BCUT2D eigenvalue weighted by Gasteiger charge is 2.56. The molecule has 1 saturated carbocycles. The third-order valence-electron chi connectivity index (χ3n) is 6.45.